The first-order valence-corrected chi connectivity index (χ1v) is 8.07. The molecule has 0 aromatic rings. The highest BCUT2D eigenvalue weighted by molar-refractivity contribution is 5.82. The molecule has 0 saturated carbocycles. The summed E-state index contributed by atoms with van der Waals surface area (Å²) in [5.74, 6) is -0.646. The third-order valence-electron chi connectivity index (χ3n) is 2.54. The van der Waals surface area contributed by atoms with E-state index in [1.54, 1.807) is 20.8 Å². The number of nitrogens with one attached hydrogen (secondary N) is 1. The number of hydrogen-bond donors (Lipinski definition) is 2. The third-order valence-corrected chi connectivity index (χ3v) is 2.54. The van der Waals surface area contributed by atoms with Gasteiger partial charge in [-0.1, -0.05) is 0 Å². The van der Waals surface area contributed by atoms with Crippen LogP contribution in [0.5, 0.6) is 0 Å². The summed E-state index contributed by atoms with van der Waals surface area (Å²) in [6.45, 7) is 9.78. The Morgan fingerprint density at radius 1 is 1.12 bits per heavy atom. The standard InChI is InChI=1S/C15H30N2O5.CO2/c1-5-20-10-11-21-9-8-17-14(19)12(16)6-7-13(18)22-15(2,3)4;2-1-3/h12H,5-11,16H2,1-4H3,(H,17,19);/t12-;/m0./s1. The highest BCUT2D eigenvalue weighted by Crippen LogP contribution is 2.09. The number of ether oxygens (including phenoxy) is 3. The van der Waals surface area contributed by atoms with Crippen LogP contribution in [0.1, 0.15) is 40.5 Å². The summed E-state index contributed by atoms with van der Waals surface area (Å²) in [6.07, 6.45) is 0.628. The molecule has 0 heterocycles. The van der Waals surface area contributed by atoms with E-state index in [1.807, 2.05) is 6.92 Å². The molecular formula is C16H30N2O7. The zero-order chi connectivity index (χ0) is 19.7. The Morgan fingerprint density at radius 3 is 2.20 bits per heavy atom. The SMILES string of the molecule is CCOCCOCCNC(=O)[C@@H](N)CCC(=O)OC(C)(C)C.O=C=O. The van der Waals surface area contributed by atoms with Crippen LogP contribution in [0, 0.1) is 0 Å². The van der Waals surface area contributed by atoms with Gasteiger partial charge in [0.2, 0.25) is 5.91 Å². The molecule has 0 fully saturated rings. The van der Waals surface area contributed by atoms with Crippen molar-refractivity contribution in [2.45, 2.75) is 52.2 Å². The van der Waals surface area contributed by atoms with E-state index >= 15 is 0 Å². The van der Waals surface area contributed by atoms with Crippen molar-refractivity contribution in [1.29, 1.82) is 0 Å². The molecule has 0 aliphatic carbocycles. The molecule has 146 valence electrons. The van der Waals surface area contributed by atoms with Crippen LogP contribution < -0.4 is 11.1 Å². The Hall–Kier alpha value is -1.80. The second-order valence-corrected chi connectivity index (χ2v) is 5.92. The summed E-state index contributed by atoms with van der Waals surface area (Å²) in [5, 5.41) is 2.66. The Kier molecular flexibility index (Phi) is 16.0. The zero-order valence-electron chi connectivity index (χ0n) is 15.5. The van der Waals surface area contributed by atoms with Crippen LogP contribution in [-0.2, 0) is 33.4 Å². The topological polar surface area (TPSA) is 134 Å². The molecule has 0 spiro atoms. The number of nitrogens with two attached hydrogens (primary N) is 1. The molecule has 3 N–H and O–H groups in total. The Labute approximate surface area is 148 Å². The van der Waals surface area contributed by atoms with Gasteiger partial charge in [-0.3, -0.25) is 9.59 Å². The number of carbonyl (C=O) groups excluding carboxylic acids is 4. The molecular weight excluding hydrogens is 332 g/mol. The fourth-order valence-corrected chi connectivity index (χ4v) is 1.54. The van der Waals surface area contributed by atoms with Crippen molar-refractivity contribution in [3.8, 4) is 0 Å². The van der Waals surface area contributed by atoms with Gasteiger partial charge in [0.05, 0.1) is 25.9 Å². The molecule has 0 aromatic heterocycles. The highest BCUT2D eigenvalue weighted by atomic mass is 16.6. The number of esters is 1. The lowest BCUT2D eigenvalue weighted by atomic mass is 10.1. The lowest BCUT2D eigenvalue weighted by Crippen LogP contribution is -2.42. The lowest BCUT2D eigenvalue weighted by molar-refractivity contribution is -0.191. The summed E-state index contributed by atoms with van der Waals surface area (Å²) in [7, 11) is 0. The molecule has 0 saturated heterocycles. The Bertz CT molecular complexity index is 402. The van der Waals surface area contributed by atoms with E-state index in [9.17, 15) is 9.59 Å². The van der Waals surface area contributed by atoms with Gasteiger partial charge < -0.3 is 25.3 Å². The van der Waals surface area contributed by atoms with Crippen LogP contribution in [-0.4, -0.2) is 62.6 Å². The normalized spacial score (nSPS) is 11.6. The lowest BCUT2D eigenvalue weighted by Gasteiger charge is -2.20. The second kappa shape index (κ2) is 15.7. The van der Waals surface area contributed by atoms with E-state index in [4.69, 9.17) is 29.5 Å². The number of hydrogen-bond acceptors (Lipinski definition) is 8. The van der Waals surface area contributed by atoms with E-state index in [2.05, 4.69) is 5.32 Å². The van der Waals surface area contributed by atoms with Gasteiger partial charge in [-0.15, -0.1) is 0 Å². The van der Waals surface area contributed by atoms with Crippen molar-refractivity contribution in [3.63, 3.8) is 0 Å². The van der Waals surface area contributed by atoms with Gasteiger partial charge in [0.1, 0.15) is 5.60 Å². The fourth-order valence-electron chi connectivity index (χ4n) is 1.54. The summed E-state index contributed by atoms with van der Waals surface area (Å²) >= 11 is 0. The van der Waals surface area contributed by atoms with Gasteiger partial charge in [0.25, 0.3) is 0 Å². The van der Waals surface area contributed by atoms with Gasteiger partial charge in [-0.25, -0.2) is 0 Å². The largest absolute Gasteiger partial charge is 0.460 e. The van der Waals surface area contributed by atoms with Crippen molar-refractivity contribution in [1.82, 2.24) is 5.32 Å². The van der Waals surface area contributed by atoms with Gasteiger partial charge in [-0.2, -0.15) is 9.59 Å². The minimum atomic E-state index is -0.726. The van der Waals surface area contributed by atoms with Crippen LogP contribution in [0.15, 0.2) is 0 Å². The van der Waals surface area contributed by atoms with Crippen LogP contribution in [0.2, 0.25) is 0 Å². The molecule has 1 amide bonds. The molecule has 0 radical (unpaired) electrons. The van der Waals surface area contributed by atoms with E-state index < -0.39 is 11.6 Å². The van der Waals surface area contributed by atoms with Gasteiger partial charge >= 0.3 is 12.1 Å². The summed E-state index contributed by atoms with van der Waals surface area (Å²) in [6, 6.07) is -0.726. The van der Waals surface area contributed by atoms with Crippen LogP contribution in [0.25, 0.3) is 0 Å². The maximum atomic E-state index is 11.7. The van der Waals surface area contributed by atoms with Crippen molar-refractivity contribution in [2.24, 2.45) is 5.73 Å². The monoisotopic (exact) mass is 362 g/mol. The average molecular weight is 362 g/mol. The Morgan fingerprint density at radius 2 is 1.68 bits per heavy atom. The first-order chi connectivity index (χ1) is 11.7. The van der Waals surface area contributed by atoms with E-state index in [0.717, 1.165) is 0 Å². The first-order valence-electron chi connectivity index (χ1n) is 8.07. The predicted octanol–water partition coefficient (Wildman–Crippen LogP) is 0.0214. The molecule has 0 bridgehead atoms. The van der Waals surface area contributed by atoms with E-state index in [-0.39, 0.29) is 30.9 Å². The molecule has 0 aliphatic rings. The van der Waals surface area contributed by atoms with E-state index in [1.165, 1.54) is 0 Å². The maximum Gasteiger partial charge on any atom is 0.373 e. The molecule has 9 nitrogen and oxygen atoms in total. The van der Waals surface area contributed by atoms with E-state index in [0.29, 0.717) is 33.0 Å². The number of carbonyl (C=O) groups is 2. The van der Waals surface area contributed by atoms with Crippen molar-refractivity contribution < 1.29 is 33.4 Å². The zero-order valence-corrected chi connectivity index (χ0v) is 15.5. The fraction of sp³-hybridized carbons (Fsp3) is 0.812. The molecule has 0 aliphatic heterocycles. The smallest absolute Gasteiger partial charge is 0.373 e. The van der Waals surface area contributed by atoms with Crippen LogP contribution >= 0.6 is 0 Å². The molecule has 0 unspecified atom stereocenters. The molecule has 25 heavy (non-hydrogen) atoms. The predicted molar refractivity (Wildman–Crippen MR) is 88.4 cm³/mol. The van der Waals surface area contributed by atoms with Gasteiger partial charge in [-0.05, 0) is 34.1 Å². The van der Waals surface area contributed by atoms with Crippen molar-refractivity contribution in [2.75, 3.05) is 33.0 Å². The molecule has 1 atom stereocenters. The minimum absolute atomic E-state index is 0.122. The Balaban J connectivity index is 0. The quantitative estimate of drug-likeness (QED) is 0.388. The number of rotatable bonds is 11. The minimum Gasteiger partial charge on any atom is -0.460 e. The first kappa shape index (κ1) is 25.4. The number of amides is 1. The van der Waals surface area contributed by atoms with Crippen LogP contribution in [0.4, 0.5) is 0 Å². The summed E-state index contributed by atoms with van der Waals surface area (Å²) < 4.78 is 15.5. The summed E-state index contributed by atoms with van der Waals surface area (Å²) in [4.78, 5) is 39.5. The van der Waals surface area contributed by atoms with Crippen LogP contribution in [0.3, 0.4) is 0 Å². The highest BCUT2D eigenvalue weighted by Gasteiger charge is 2.19. The maximum absolute atomic E-state index is 11.7. The van der Waals surface area contributed by atoms with Crippen molar-refractivity contribution in [3.05, 3.63) is 0 Å². The summed E-state index contributed by atoms with van der Waals surface area (Å²) in [5.41, 5.74) is 5.20. The van der Waals surface area contributed by atoms with Gasteiger partial charge in [0.15, 0.2) is 0 Å². The third kappa shape index (κ3) is 20.2. The van der Waals surface area contributed by atoms with Crippen molar-refractivity contribution >= 4 is 18.0 Å². The molecule has 9 heteroatoms. The molecule has 0 aromatic carbocycles. The average Bonchev–Trinajstić information content (AvgIpc) is 2.50. The second-order valence-electron chi connectivity index (χ2n) is 5.92. The molecule has 0 rings (SSSR count). The van der Waals surface area contributed by atoms with Gasteiger partial charge in [0, 0.05) is 19.6 Å².